The summed E-state index contributed by atoms with van der Waals surface area (Å²) in [6, 6.07) is 29.6. The van der Waals surface area contributed by atoms with Gasteiger partial charge in [-0.1, -0.05) is 119 Å². The van der Waals surface area contributed by atoms with Gasteiger partial charge in [-0.25, -0.2) is 0 Å². The molecule has 3 heteroatoms. The largest absolute Gasteiger partial charge is 0.137 e. The smallest absolute Gasteiger partial charge is 0.0489 e. The fourth-order valence-electron chi connectivity index (χ4n) is 4.34. The van der Waals surface area contributed by atoms with Crippen LogP contribution in [-0.2, 0) is 0 Å². The van der Waals surface area contributed by atoms with Gasteiger partial charge in [-0.15, -0.1) is 11.8 Å². The van der Waals surface area contributed by atoms with Gasteiger partial charge in [0.25, 0.3) is 0 Å². The van der Waals surface area contributed by atoms with Crippen LogP contribution in [0.15, 0.2) is 97.1 Å². The monoisotopic (exact) mass is 542 g/mol. The normalized spacial score (nSPS) is 13.4. The van der Waals surface area contributed by atoms with Gasteiger partial charge in [-0.2, -0.15) is 0 Å². The van der Waals surface area contributed by atoms with Crippen LogP contribution >= 0.6 is 35.0 Å². The molecule has 0 spiro atoms. The van der Waals surface area contributed by atoms with Gasteiger partial charge < -0.3 is 0 Å². The quantitative estimate of drug-likeness (QED) is 0.213. The highest BCUT2D eigenvalue weighted by molar-refractivity contribution is 8.00. The molecule has 0 N–H and O–H groups in total. The van der Waals surface area contributed by atoms with Crippen molar-refractivity contribution < 1.29 is 0 Å². The standard InChI is InChI=1S/C34H32Cl2S/c1-23-5-7-27(25(3)21-23)13-19-33(29-9-15-31(35)16-10-29)37-34(30-11-17-32(36)18-12-30)20-14-28-8-6-24(2)22-26(28)4/h5-22,33-34H,1-4H3. The minimum absolute atomic E-state index is 0.127. The van der Waals surface area contributed by atoms with E-state index in [-0.39, 0.29) is 10.5 Å². The summed E-state index contributed by atoms with van der Waals surface area (Å²) >= 11 is 14.4. The molecular formula is C34H32Cl2S. The van der Waals surface area contributed by atoms with Crippen LogP contribution in [0, 0.1) is 27.7 Å². The van der Waals surface area contributed by atoms with E-state index >= 15 is 0 Å². The molecule has 0 aromatic heterocycles. The summed E-state index contributed by atoms with van der Waals surface area (Å²) in [6.07, 6.45) is 9.10. The summed E-state index contributed by atoms with van der Waals surface area (Å²) in [6.45, 7) is 8.60. The number of halogens is 2. The van der Waals surface area contributed by atoms with Crippen LogP contribution in [0.25, 0.3) is 12.2 Å². The third kappa shape index (κ3) is 7.65. The molecule has 0 bridgehead atoms. The summed E-state index contributed by atoms with van der Waals surface area (Å²) in [5.74, 6) is 0. The van der Waals surface area contributed by atoms with E-state index in [0.717, 1.165) is 10.0 Å². The third-order valence-electron chi connectivity index (χ3n) is 6.44. The van der Waals surface area contributed by atoms with E-state index in [1.807, 2.05) is 36.0 Å². The van der Waals surface area contributed by atoms with Crippen LogP contribution in [0.2, 0.25) is 10.0 Å². The minimum Gasteiger partial charge on any atom is -0.137 e. The molecule has 0 amide bonds. The van der Waals surface area contributed by atoms with E-state index in [9.17, 15) is 0 Å². The zero-order valence-electron chi connectivity index (χ0n) is 21.7. The lowest BCUT2D eigenvalue weighted by atomic mass is 10.0. The first-order chi connectivity index (χ1) is 17.8. The Morgan fingerprint density at radius 1 is 0.541 bits per heavy atom. The zero-order valence-corrected chi connectivity index (χ0v) is 24.0. The average Bonchev–Trinajstić information content (AvgIpc) is 2.87. The van der Waals surface area contributed by atoms with E-state index in [1.54, 1.807) is 0 Å². The molecule has 4 aromatic rings. The van der Waals surface area contributed by atoms with E-state index in [1.165, 1.54) is 44.5 Å². The molecule has 0 aliphatic carbocycles. The topological polar surface area (TPSA) is 0 Å². The second kappa shape index (κ2) is 12.7. The first kappa shape index (κ1) is 27.3. The molecule has 0 aliphatic rings. The maximum Gasteiger partial charge on any atom is 0.0489 e. The molecule has 37 heavy (non-hydrogen) atoms. The molecule has 2 unspecified atom stereocenters. The maximum absolute atomic E-state index is 6.24. The van der Waals surface area contributed by atoms with Gasteiger partial charge in [0.2, 0.25) is 0 Å². The van der Waals surface area contributed by atoms with Crippen molar-refractivity contribution in [3.05, 3.63) is 152 Å². The first-order valence-electron chi connectivity index (χ1n) is 12.5. The Morgan fingerprint density at radius 3 is 1.27 bits per heavy atom. The fourth-order valence-corrected chi connectivity index (χ4v) is 5.88. The van der Waals surface area contributed by atoms with E-state index in [4.69, 9.17) is 23.2 Å². The second-order valence-corrected chi connectivity index (χ2v) is 11.7. The van der Waals surface area contributed by atoms with E-state index < -0.39 is 0 Å². The van der Waals surface area contributed by atoms with Gasteiger partial charge in [0.1, 0.15) is 0 Å². The maximum atomic E-state index is 6.24. The van der Waals surface area contributed by atoms with Gasteiger partial charge in [-0.3, -0.25) is 0 Å². The number of rotatable bonds is 8. The van der Waals surface area contributed by atoms with Gasteiger partial charge in [0.05, 0.1) is 0 Å². The molecule has 0 heterocycles. The molecule has 4 rings (SSSR count). The Hall–Kier alpha value is -2.71. The van der Waals surface area contributed by atoms with Crippen LogP contribution in [0.1, 0.15) is 55.0 Å². The summed E-state index contributed by atoms with van der Waals surface area (Å²) < 4.78 is 0. The minimum atomic E-state index is 0.127. The Labute approximate surface area is 236 Å². The summed E-state index contributed by atoms with van der Waals surface area (Å²) in [7, 11) is 0. The lowest BCUT2D eigenvalue weighted by Gasteiger charge is -2.21. The predicted octanol–water partition coefficient (Wildman–Crippen LogP) is 11.2. The molecular weight excluding hydrogens is 511 g/mol. The Kier molecular flexibility index (Phi) is 9.38. The molecule has 0 saturated carbocycles. The molecule has 0 nitrogen and oxygen atoms in total. The lowest BCUT2D eigenvalue weighted by molar-refractivity contribution is 1.17. The number of aryl methyl sites for hydroxylation is 4. The summed E-state index contributed by atoms with van der Waals surface area (Å²) in [5.41, 5.74) is 10.0. The second-order valence-electron chi connectivity index (χ2n) is 9.52. The molecule has 2 atom stereocenters. The third-order valence-corrected chi connectivity index (χ3v) is 8.39. The highest BCUT2D eigenvalue weighted by atomic mass is 35.5. The average molecular weight is 544 g/mol. The van der Waals surface area contributed by atoms with Crippen LogP contribution < -0.4 is 0 Å². The van der Waals surface area contributed by atoms with Gasteiger partial charge in [0, 0.05) is 20.5 Å². The number of benzene rings is 4. The lowest BCUT2D eigenvalue weighted by Crippen LogP contribution is -1.97. The van der Waals surface area contributed by atoms with Gasteiger partial charge in [0.15, 0.2) is 0 Å². The zero-order chi connectivity index (χ0) is 26.4. The predicted molar refractivity (Wildman–Crippen MR) is 166 cm³/mol. The van der Waals surface area contributed by atoms with Crippen LogP contribution in [0.3, 0.4) is 0 Å². The van der Waals surface area contributed by atoms with Crippen molar-refractivity contribution in [3.8, 4) is 0 Å². The van der Waals surface area contributed by atoms with Crippen LogP contribution in [0.5, 0.6) is 0 Å². The van der Waals surface area contributed by atoms with Crippen molar-refractivity contribution in [3.63, 3.8) is 0 Å². The van der Waals surface area contributed by atoms with E-state index in [2.05, 4.69) is 113 Å². The summed E-state index contributed by atoms with van der Waals surface area (Å²) in [4.78, 5) is 0. The first-order valence-corrected chi connectivity index (χ1v) is 14.2. The Morgan fingerprint density at radius 2 is 0.919 bits per heavy atom. The van der Waals surface area contributed by atoms with Crippen molar-refractivity contribution in [2.45, 2.75) is 38.2 Å². The Bertz CT molecular complexity index is 1290. The van der Waals surface area contributed by atoms with Crippen molar-refractivity contribution >= 4 is 47.1 Å². The number of hydrogen-bond donors (Lipinski definition) is 0. The van der Waals surface area contributed by atoms with Crippen molar-refractivity contribution in [2.24, 2.45) is 0 Å². The van der Waals surface area contributed by atoms with Crippen LogP contribution in [-0.4, -0.2) is 0 Å². The number of thioether (sulfide) groups is 1. The molecule has 188 valence electrons. The van der Waals surface area contributed by atoms with Crippen molar-refractivity contribution in [2.75, 3.05) is 0 Å². The van der Waals surface area contributed by atoms with E-state index in [0.29, 0.717) is 0 Å². The fraction of sp³-hybridized carbons (Fsp3) is 0.176. The highest BCUT2D eigenvalue weighted by Crippen LogP contribution is 2.43. The van der Waals surface area contributed by atoms with Crippen molar-refractivity contribution in [1.29, 1.82) is 0 Å². The van der Waals surface area contributed by atoms with Crippen molar-refractivity contribution in [1.82, 2.24) is 0 Å². The van der Waals surface area contributed by atoms with Crippen LogP contribution in [0.4, 0.5) is 0 Å². The van der Waals surface area contributed by atoms with Gasteiger partial charge in [-0.05, 0) is 85.3 Å². The Balaban J connectivity index is 1.71. The molecule has 4 aromatic carbocycles. The number of hydrogen-bond acceptors (Lipinski definition) is 1. The highest BCUT2D eigenvalue weighted by Gasteiger charge is 2.17. The molecule has 0 fully saturated rings. The van der Waals surface area contributed by atoms with Gasteiger partial charge >= 0.3 is 0 Å². The molecule has 0 saturated heterocycles. The summed E-state index contributed by atoms with van der Waals surface area (Å²) in [5, 5.41) is 1.74. The molecule has 0 aliphatic heterocycles. The SMILES string of the molecule is Cc1ccc(C=CC(SC(C=Cc2ccc(C)cc2C)c2ccc(Cl)cc2)c2ccc(Cl)cc2)c(C)c1. The molecule has 0 radical (unpaired) electrons.